The molecule has 0 saturated carbocycles. The summed E-state index contributed by atoms with van der Waals surface area (Å²) in [5.74, 6) is 0.0771. The number of nitrogens with zero attached hydrogens (tertiary/aromatic N) is 2. The van der Waals surface area contributed by atoms with Gasteiger partial charge in [-0.15, -0.1) is 0 Å². The van der Waals surface area contributed by atoms with E-state index in [1.165, 1.54) is 28.9 Å². The number of aromatic nitrogens is 2. The molecule has 2 heterocycles. The molecule has 0 unspecified atom stereocenters. The molecule has 3 aromatic carbocycles. The Kier molecular flexibility index (Phi) is 4.96. The Hall–Kier alpha value is -4.00. The molecule has 33 heavy (non-hydrogen) atoms. The van der Waals surface area contributed by atoms with Crippen LogP contribution >= 0.6 is 0 Å². The van der Waals surface area contributed by atoms with Crippen molar-refractivity contribution in [3.8, 4) is 28.1 Å². The molecule has 1 aromatic heterocycles. The minimum Gasteiger partial charge on any atom is -0.487 e. The van der Waals surface area contributed by atoms with Gasteiger partial charge in [0.15, 0.2) is 0 Å². The molecule has 1 amide bonds. The first kappa shape index (κ1) is 20.9. The summed E-state index contributed by atoms with van der Waals surface area (Å²) in [5, 5.41) is 7.33. The number of hydrogen-bond acceptors (Lipinski definition) is 3. The van der Waals surface area contributed by atoms with Gasteiger partial charge in [0.05, 0.1) is 0 Å². The van der Waals surface area contributed by atoms with Crippen molar-refractivity contribution < 1.29 is 18.3 Å². The van der Waals surface area contributed by atoms with Crippen molar-refractivity contribution in [2.24, 2.45) is 0 Å². The highest BCUT2D eigenvalue weighted by atomic mass is 19.1. The lowest BCUT2D eigenvalue weighted by Crippen LogP contribution is -2.24. The molecule has 0 atom stereocenters. The van der Waals surface area contributed by atoms with Crippen molar-refractivity contribution in [1.82, 2.24) is 9.78 Å². The van der Waals surface area contributed by atoms with Crippen LogP contribution in [-0.2, 0) is 6.42 Å². The molecule has 1 aliphatic heterocycles. The second-order valence-corrected chi connectivity index (χ2v) is 8.64. The Morgan fingerprint density at radius 2 is 1.61 bits per heavy atom. The number of ether oxygens (including phenoxy) is 1. The predicted molar refractivity (Wildman–Crippen MR) is 122 cm³/mol. The maximum atomic E-state index is 13.5. The fourth-order valence-corrected chi connectivity index (χ4v) is 4.01. The molecule has 5 nitrogen and oxygen atoms in total. The molecule has 5 rings (SSSR count). The van der Waals surface area contributed by atoms with Crippen LogP contribution in [0, 0.1) is 11.6 Å². The maximum Gasteiger partial charge on any atom is 0.346 e. The van der Waals surface area contributed by atoms with Gasteiger partial charge in [0, 0.05) is 35.0 Å². The molecule has 4 aromatic rings. The molecule has 1 aliphatic rings. The third-order valence-corrected chi connectivity index (χ3v) is 5.51. The summed E-state index contributed by atoms with van der Waals surface area (Å²) in [4.78, 5) is 13.0. The minimum atomic E-state index is -0.454. The first-order chi connectivity index (χ1) is 15.8. The Balaban J connectivity index is 1.48. The van der Waals surface area contributed by atoms with Gasteiger partial charge in [0.2, 0.25) is 0 Å². The number of benzene rings is 3. The Bertz CT molecular complexity index is 1280. The van der Waals surface area contributed by atoms with Crippen molar-refractivity contribution in [2.75, 3.05) is 5.32 Å². The van der Waals surface area contributed by atoms with E-state index in [1.54, 1.807) is 36.5 Å². The van der Waals surface area contributed by atoms with Gasteiger partial charge >= 0.3 is 6.03 Å². The van der Waals surface area contributed by atoms with Crippen molar-refractivity contribution in [3.05, 3.63) is 90.1 Å². The van der Waals surface area contributed by atoms with Crippen molar-refractivity contribution in [3.63, 3.8) is 0 Å². The number of anilines is 1. The SMILES string of the molecule is CC1(C)Cc2cc(NC(=O)n3cc(-c4ccc(F)cc4)c(-c4ccc(F)cc4)n3)ccc2O1. The van der Waals surface area contributed by atoms with E-state index in [2.05, 4.69) is 10.4 Å². The highest BCUT2D eigenvalue weighted by Gasteiger charge is 2.30. The Morgan fingerprint density at radius 3 is 2.27 bits per heavy atom. The molecule has 0 bridgehead atoms. The third-order valence-electron chi connectivity index (χ3n) is 5.51. The molecule has 0 fully saturated rings. The zero-order valence-corrected chi connectivity index (χ0v) is 18.1. The number of amides is 1. The number of halogens is 2. The summed E-state index contributed by atoms with van der Waals surface area (Å²) >= 11 is 0. The number of fused-ring (bicyclic) bond motifs is 1. The van der Waals surface area contributed by atoms with Gasteiger partial charge in [-0.25, -0.2) is 13.6 Å². The summed E-state index contributed by atoms with van der Waals surface area (Å²) in [6.45, 7) is 4.03. The standard InChI is InChI=1S/C26H21F2N3O2/c1-26(2)14-18-13-21(11-12-23(18)33-26)29-25(32)31-15-22(16-3-7-19(27)8-4-16)24(30-31)17-5-9-20(28)10-6-17/h3-13,15H,14H2,1-2H3,(H,29,32). The molecule has 0 saturated heterocycles. The number of rotatable bonds is 3. The van der Waals surface area contributed by atoms with Crippen LogP contribution in [-0.4, -0.2) is 21.4 Å². The quantitative estimate of drug-likeness (QED) is 0.403. The fraction of sp³-hybridized carbons (Fsp3) is 0.154. The van der Waals surface area contributed by atoms with Crippen LogP contribution in [0.25, 0.3) is 22.4 Å². The van der Waals surface area contributed by atoms with E-state index in [0.29, 0.717) is 28.1 Å². The topological polar surface area (TPSA) is 56.2 Å². The maximum absolute atomic E-state index is 13.5. The smallest absolute Gasteiger partial charge is 0.346 e. The third kappa shape index (κ3) is 4.22. The van der Waals surface area contributed by atoms with E-state index in [-0.39, 0.29) is 17.2 Å². The van der Waals surface area contributed by atoms with Crippen molar-refractivity contribution >= 4 is 11.7 Å². The summed E-state index contributed by atoms with van der Waals surface area (Å²) in [7, 11) is 0. The monoisotopic (exact) mass is 445 g/mol. The molecule has 166 valence electrons. The average Bonchev–Trinajstić information content (AvgIpc) is 3.34. The Morgan fingerprint density at radius 1 is 0.970 bits per heavy atom. The lowest BCUT2D eigenvalue weighted by atomic mass is 10.0. The summed E-state index contributed by atoms with van der Waals surface area (Å²) in [5.41, 5.74) is 3.81. The number of nitrogens with one attached hydrogen (secondary N) is 1. The van der Waals surface area contributed by atoms with Crippen molar-refractivity contribution in [2.45, 2.75) is 25.9 Å². The van der Waals surface area contributed by atoms with E-state index in [4.69, 9.17) is 4.74 Å². The molecule has 0 aliphatic carbocycles. The minimum absolute atomic E-state index is 0.277. The van der Waals surface area contributed by atoms with Crippen LogP contribution in [0.1, 0.15) is 19.4 Å². The summed E-state index contributed by atoms with van der Waals surface area (Å²) in [6.07, 6.45) is 2.33. The van der Waals surface area contributed by atoms with Crippen molar-refractivity contribution in [1.29, 1.82) is 0 Å². The zero-order chi connectivity index (χ0) is 23.2. The highest BCUT2D eigenvalue weighted by Crippen LogP contribution is 2.36. The van der Waals surface area contributed by atoms with Gasteiger partial charge in [-0.05, 0) is 74.0 Å². The first-order valence-corrected chi connectivity index (χ1v) is 10.5. The van der Waals surface area contributed by atoms with E-state index >= 15 is 0 Å². The molecular formula is C26H21F2N3O2. The normalized spacial score (nSPS) is 13.9. The van der Waals surface area contributed by atoms with Crippen LogP contribution in [0.15, 0.2) is 72.9 Å². The lowest BCUT2D eigenvalue weighted by molar-refractivity contribution is 0.138. The van der Waals surface area contributed by atoms with Crippen LogP contribution < -0.4 is 10.1 Å². The molecule has 0 radical (unpaired) electrons. The predicted octanol–water partition coefficient (Wildman–Crippen LogP) is 6.29. The largest absolute Gasteiger partial charge is 0.487 e. The van der Waals surface area contributed by atoms with Gasteiger partial charge in [0.25, 0.3) is 0 Å². The van der Waals surface area contributed by atoms with Gasteiger partial charge in [-0.1, -0.05) is 12.1 Å². The number of carbonyl (C=O) groups excluding carboxylic acids is 1. The van der Waals surface area contributed by atoms with Crippen LogP contribution in [0.2, 0.25) is 0 Å². The summed E-state index contributed by atoms with van der Waals surface area (Å²) < 4.78 is 34.0. The van der Waals surface area contributed by atoms with E-state index in [1.807, 2.05) is 26.0 Å². The van der Waals surface area contributed by atoms with Crippen LogP contribution in [0.3, 0.4) is 0 Å². The second kappa shape index (κ2) is 7.85. The summed E-state index contributed by atoms with van der Waals surface area (Å²) in [6, 6.07) is 16.8. The molecular weight excluding hydrogens is 424 g/mol. The van der Waals surface area contributed by atoms with Crippen LogP contribution in [0.5, 0.6) is 5.75 Å². The molecule has 7 heteroatoms. The van der Waals surface area contributed by atoms with Gasteiger partial charge in [-0.2, -0.15) is 9.78 Å². The molecule has 0 spiro atoms. The van der Waals surface area contributed by atoms with Gasteiger partial charge in [-0.3, -0.25) is 0 Å². The first-order valence-electron chi connectivity index (χ1n) is 10.5. The number of hydrogen-bond donors (Lipinski definition) is 1. The molecule has 1 N–H and O–H groups in total. The van der Waals surface area contributed by atoms with Gasteiger partial charge < -0.3 is 10.1 Å². The fourth-order valence-electron chi connectivity index (χ4n) is 4.01. The Labute approximate surface area is 189 Å². The van der Waals surface area contributed by atoms with E-state index < -0.39 is 6.03 Å². The van der Waals surface area contributed by atoms with E-state index in [9.17, 15) is 13.6 Å². The highest BCUT2D eigenvalue weighted by molar-refractivity contribution is 5.93. The zero-order valence-electron chi connectivity index (χ0n) is 18.1. The van der Waals surface area contributed by atoms with Crippen LogP contribution in [0.4, 0.5) is 19.3 Å². The second-order valence-electron chi connectivity index (χ2n) is 8.64. The lowest BCUT2D eigenvalue weighted by Gasteiger charge is -2.16. The average molecular weight is 445 g/mol. The van der Waals surface area contributed by atoms with Gasteiger partial charge in [0.1, 0.15) is 28.7 Å². The number of carbonyl (C=O) groups is 1. The van der Waals surface area contributed by atoms with E-state index in [0.717, 1.165) is 17.7 Å².